The van der Waals surface area contributed by atoms with Crippen molar-refractivity contribution in [3.63, 3.8) is 0 Å². The summed E-state index contributed by atoms with van der Waals surface area (Å²) >= 11 is 0. The number of hydrogen-bond acceptors (Lipinski definition) is 0. The zero-order valence-electron chi connectivity index (χ0n) is 7.35. The van der Waals surface area contributed by atoms with Gasteiger partial charge in [-0.3, -0.25) is 0 Å². The lowest BCUT2D eigenvalue weighted by molar-refractivity contribution is 0.621. The molecule has 0 aliphatic rings. The second kappa shape index (κ2) is 5.28. The standard InChI is InChI=1S/C10H18/c1-5-7-8-10(4)9(3)6-2/h5-6,10H,1,7-8H2,2-4H3/b9-6+/t10-/m0/s1. The van der Waals surface area contributed by atoms with Crippen LogP contribution in [0, 0.1) is 5.92 Å². The number of hydrogen-bond donors (Lipinski definition) is 0. The summed E-state index contributed by atoms with van der Waals surface area (Å²) in [6, 6.07) is 0. The molecular formula is C10H18. The van der Waals surface area contributed by atoms with Gasteiger partial charge in [0.25, 0.3) is 0 Å². The van der Waals surface area contributed by atoms with E-state index in [0.29, 0.717) is 0 Å². The minimum Gasteiger partial charge on any atom is -0.103 e. The van der Waals surface area contributed by atoms with Crippen molar-refractivity contribution in [2.75, 3.05) is 0 Å². The van der Waals surface area contributed by atoms with Crippen molar-refractivity contribution in [3.8, 4) is 0 Å². The molecule has 0 rings (SSSR count). The van der Waals surface area contributed by atoms with E-state index in [1.54, 1.807) is 0 Å². The highest BCUT2D eigenvalue weighted by molar-refractivity contribution is 5.00. The zero-order valence-corrected chi connectivity index (χ0v) is 7.35. The monoisotopic (exact) mass is 138 g/mol. The fraction of sp³-hybridized carbons (Fsp3) is 0.600. The van der Waals surface area contributed by atoms with Gasteiger partial charge in [0.2, 0.25) is 0 Å². The van der Waals surface area contributed by atoms with Gasteiger partial charge in [0.1, 0.15) is 0 Å². The van der Waals surface area contributed by atoms with Gasteiger partial charge in [0, 0.05) is 0 Å². The van der Waals surface area contributed by atoms with Crippen LogP contribution in [0.15, 0.2) is 24.3 Å². The maximum atomic E-state index is 3.70. The van der Waals surface area contributed by atoms with E-state index in [0.717, 1.165) is 12.3 Å². The first-order valence-corrected chi connectivity index (χ1v) is 3.96. The Labute approximate surface area is 64.6 Å². The first-order chi connectivity index (χ1) is 4.72. The number of rotatable bonds is 4. The summed E-state index contributed by atoms with van der Waals surface area (Å²) in [6.07, 6.45) is 6.54. The van der Waals surface area contributed by atoms with Gasteiger partial charge in [-0.1, -0.05) is 24.6 Å². The summed E-state index contributed by atoms with van der Waals surface area (Å²) in [4.78, 5) is 0. The van der Waals surface area contributed by atoms with Crippen LogP contribution in [0.1, 0.15) is 33.6 Å². The van der Waals surface area contributed by atoms with Crippen molar-refractivity contribution in [2.24, 2.45) is 5.92 Å². The summed E-state index contributed by atoms with van der Waals surface area (Å²) in [7, 11) is 0. The lowest BCUT2D eigenvalue weighted by atomic mass is 9.97. The van der Waals surface area contributed by atoms with Crippen LogP contribution < -0.4 is 0 Å². The quantitative estimate of drug-likeness (QED) is 0.521. The van der Waals surface area contributed by atoms with Crippen LogP contribution >= 0.6 is 0 Å². The Hall–Kier alpha value is -0.520. The van der Waals surface area contributed by atoms with Gasteiger partial charge in [0.15, 0.2) is 0 Å². The Morgan fingerprint density at radius 2 is 2.20 bits per heavy atom. The molecule has 0 aromatic heterocycles. The van der Waals surface area contributed by atoms with Gasteiger partial charge >= 0.3 is 0 Å². The minimum absolute atomic E-state index is 0.725. The SMILES string of the molecule is C=CCC[C@H](C)/C(C)=C/C. The Bertz CT molecular complexity index is 120. The topological polar surface area (TPSA) is 0 Å². The highest BCUT2D eigenvalue weighted by Crippen LogP contribution is 2.15. The van der Waals surface area contributed by atoms with Gasteiger partial charge in [0.05, 0.1) is 0 Å². The second-order valence-corrected chi connectivity index (χ2v) is 2.80. The van der Waals surface area contributed by atoms with Gasteiger partial charge in [-0.25, -0.2) is 0 Å². The van der Waals surface area contributed by atoms with E-state index >= 15 is 0 Å². The fourth-order valence-electron chi connectivity index (χ4n) is 0.880. The van der Waals surface area contributed by atoms with Crippen LogP contribution in [0.5, 0.6) is 0 Å². The highest BCUT2D eigenvalue weighted by Gasteiger charge is 2.00. The van der Waals surface area contributed by atoms with E-state index in [1.807, 2.05) is 6.08 Å². The summed E-state index contributed by atoms with van der Waals surface area (Å²) in [5, 5.41) is 0. The Balaban J connectivity index is 3.61. The smallest absolute Gasteiger partial charge is 0.0232 e. The molecule has 0 nitrogen and oxygen atoms in total. The summed E-state index contributed by atoms with van der Waals surface area (Å²) < 4.78 is 0. The largest absolute Gasteiger partial charge is 0.103 e. The second-order valence-electron chi connectivity index (χ2n) is 2.80. The zero-order chi connectivity index (χ0) is 7.98. The van der Waals surface area contributed by atoms with Gasteiger partial charge < -0.3 is 0 Å². The van der Waals surface area contributed by atoms with Crippen molar-refractivity contribution in [2.45, 2.75) is 33.6 Å². The molecule has 1 atom stereocenters. The highest BCUT2D eigenvalue weighted by atomic mass is 14.1. The van der Waals surface area contributed by atoms with Gasteiger partial charge in [-0.2, -0.15) is 0 Å². The molecule has 0 aliphatic heterocycles. The van der Waals surface area contributed by atoms with Crippen LogP contribution in [0.3, 0.4) is 0 Å². The van der Waals surface area contributed by atoms with Crippen LogP contribution in [0.25, 0.3) is 0 Å². The van der Waals surface area contributed by atoms with Crippen LogP contribution in [-0.4, -0.2) is 0 Å². The maximum Gasteiger partial charge on any atom is -0.0232 e. The van der Waals surface area contributed by atoms with Crippen LogP contribution in [-0.2, 0) is 0 Å². The summed E-state index contributed by atoms with van der Waals surface area (Å²) in [6.45, 7) is 10.2. The molecule has 0 fully saturated rings. The molecule has 0 aliphatic carbocycles. The third kappa shape index (κ3) is 3.49. The Morgan fingerprint density at radius 3 is 2.60 bits per heavy atom. The Kier molecular flexibility index (Phi) is 5.00. The number of allylic oxidation sites excluding steroid dienone is 3. The van der Waals surface area contributed by atoms with E-state index in [1.165, 1.54) is 12.0 Å². The summed E-state index contributed by atoms with van der Waals surface area (Å²) in [5.74, 6) is 0.725. The summed E-state index contributed by atoms with van der Waals surface area (Å²) in [5.41, 5.74) is 1.49. The molecule has 10 heavy (non-hydrogen) atoms. The molecule has 0 heteroatoms. The van der Waals surface area contributed by atoms with Crippen molar-refractivity contribution in [1.82, 2.24) is 0 Å². The molecule has 0 aromatic rings. The van der Waals surface area contributed by atoms with E-state index in [9.17, 15) is 0 Å². The molecule has 0 aromatic carbocycles. The Morgan fingerprint density at radius 1 is 1.60 bits per heavy atom. The first kappa shape index (κ1) is 9.48. The molecule has 0 saturated carbocycles. The molecule has 0 spiro atoms. The lowest BCUT2D eigenvalue weighted by Gasteiger charge is -2.09. The normalized spacial score (nSPS) is 14.9. The molecule has 0 saturated heterocycles. The van der Waals surface area contributed by atoms with Crippen molar-refractivity contribution in [1.29, 1.82) is 0 Å². The first-order valence-electron chi connectivity index (χ1n) is 3.96. The van der Waals surface area contributed by atoms with E-state index < -0.39 is 0 Å². The molecule has 0 amide bonds. The third-order valence-corrected chi connectivity index (χ3v) is 2.04. The molecule has 58 valence electrons. The average Bonchev–Trinajstić information content (AvgIpc) is 1.98. The van der Waals surface area contributed by atoms with Gasteiger partial charge in [-0.05, 0) is 32.6 Å². The molecule has 0 bridgehead atoms. The van der Waals surface area contributed by atoms with Gasteiger partial charge in [-0.15, -0.1) is 6.58 Å². The van der Waals surface area contributed by atoms with Crippen molar-refractivity contribution in [3.05, 3.63) is 24.3 Å². The van der Waals surface area contributed by atoms with Crippen LogP contribution in [0.2, 0.25) is 0 Å². The van der Waals surface area contributed by atoms with Crippen LogP contribution in [0.4, 0.5) is 0 Å². The predicted octanol–water partition coefficient (Wildman–Crippen LogP) is 3.55. The molecule has 0 heterocycles. The molecule has 0 N–H and O–H groups in total. The minimum atomic E-state index is 0.725. The van der Waals surface area contributed by atoms with E-state index in [2.05, 4.69) is 33.4 Å². The third-order valence-electron chi connectivity index (χ3n) is 2.04. The fourth-order valence-corrected chi connectivity index (χ4v) is 0.880. The molecule has 0 unspecified atom stereocenters. The molecule has 0 radical (unpaired) electrons. The van der Waals surface area contributed by atoms with E-state index in [4.69, 9.17) is 0 Å². The van der Waals surface area contributed by atoms with E-state index in [-0.39, 0.29) is 0 Å². The van der Waals surface area contributed by atoms with Crippen molar-refractivity contribution < 1.29 is 0 Å². The van der Waals surface area contributed by atoms with Crippen molar-refractivity contribution >= 4 is 0 Å². The lowest BCUT2D eigenvalue weighted by Crippen LogP contribution is -1.94. The maximum absolute atomic E-state index is 3.70. The molecular weight excluding hydrogens is 120 g/mol. The predicted molar refractivity (Wildman–Crippen MR) is 48.0 cm³/mol. The average molecular weight is 138 g/mol.